The Hall–Kier alpha value is -1.12. The smallest absolute Gasteiger partial charge is 0.203 e. The van der Waals surface area contributed by atoms with E-state index in [1.165, 1.54) is 11.3 Å². The SMILES string of the molecule is CCc1ccsc1C(=O)c1cccc(Cl)c1. The van der Waals surface area contributed by atoms with Gasteiger partial charge in [-0.1, -0.05) is 30.7 Å². The lowest BCUT2D eigenvalue weighted by Gasteiger charge is -2.01. The Morgan fingerprint density at radius 3 is 2.88 bits per heavy atom. The second-order valence-corrected chi connectivity index (χ2v) is 4.82. The quantitative estimate of drug-likeness (QED) is 0.747. The molecule has 0 fully saturated rings. The predicted molar refractivity (Wildman–Crippen MR) is 68.6 cm³/mol. The van der Waals surface area contributed by atoms with Gasteiger partial charge in [0.15, 0.2) is 0 Å². The van der Waals surface area contributed by atoms with Gasteiger partial charge in [-0.3, -0.25) is 4.79 Å². The third kappa shape index (κ3) is 2.18. The molecule has 0 amide bonds. The van der Waals surface area contributed by atoms with E-state index >= 15 is 0 Å². The molecule has 0 bridgehead atoms. The van der Waals surface area contributed by atoms with Gasteiger partial charge < -0.3 is 0 Å². The molecule has 0 saturated heterocycles. The Morgan fingerprint density at radius 2 is 2.19 bits per heavy atom. The summed E-state index contributed by atoms with van der Waals surface area (Å²) in [5, 5.41) is 2.55. The van der Waals surface area contributed by atoms with Gasteiger partial charge >= 0.3 is 0 Å². The van der Waals surface area contributed by atoms with Crippen LogP contribution in [0, 0.1) is 0 Å². The van der Waals surface area contributed by atoms with E-state index in [9.17, 15) is 4.79 Å². The zero-order valence-electron chi connectivity index (χ0n) is 8.87. The van der Waals surface area contributed by atoms with Crippen LogP contribution in [0.25, 0.3) is 0 Å². The number of carbonyl (C=O) groups is 1. The first-order valence-corrected chi connectivity index (χ1v) is 6.34. The van der Waals surface area contributed by atoms with Crippen molar-refractivity contribution < 1.29 is 4.79 Å². The predicted octanol–water partition coefficient (Wildman–Crippen LogP) is 4.19. The van der Waals surface area contributed by atoms with Crippen molar-refractivity contribution in [2.24, 2.45) is 0 Å². The summed E-state index contributed by atoms with van der Waals surface area (Å²) in [7, 11) is 0. The summed E-state index contributed by atoms with van der Waals surface area (Å²) in [6, 6.07) is 9.08. The van der Waals surface area contributed by atoms with E-state index in [2.05, 4.69) is 6.92 Å². The van der Waals surface area contributed by atoms with Crippen LogP contribution < -0.4 is 0 Å². The average Bonchev–Trinajstić information content (AvgIpc) is 2.76. The van der Waals surface area contributed by atoms with Crippen molar-refractivity contribution in [3.63, 3.8) is 0 Å². The first-order chi connectivity index (χ1) is 7.72. The van der Waals surface area contributed by atoms with Gasteiger partial charge in [-0.15, -0.1) is 11.3 Å². The number of aryl methyl sites for hydroxylation is 1. The normalized spacial score (nSPS) is 10.4. The van der Waals surface area contributed by atoms with Gasteiger partial charge in [-0.25, -0.2) is 0 Å². The lowest BCUT2D eigenvalue weighted by Crippen LogP contribution is -2.01. The molecule has 0 aliphatic rings. The Kier molecular flexibility index (Phi) is 3.42. The molecule has 3 heteroatoms. The highest BCUT2D eigenvalue weighted by Crippen LogP contribution is 2.22. The summed E-state index contributed by atoms with van der Waals surface area (Å²) in [5.74, 6) is 0.0642. The van der Waals surface area contributed by atoms with Crippen LogP contribution in [-0.2, 0) is 6.42 Å². The molecule has 0 unspecified atom stereocenters. The fourth-order valence-corrected chi connectivity index (χ4v) is 2.72. The number of carbonyl (C=O) groups excluding carboxylic acids is 1. The fraction of sp³-hybridized carbons (Fsp3) is 0.154. The molecule has 1 aromatic carbocycles. The van der Waals surface area contributed by atoms with Crippen molar-refractivity contribution in [1.82, 2.24) is 0 Å². The zero-order chi connectivity index (χ0) is 11.5. The summed E-state index contributed by atoms with van der Waals surface area (Å²) in [6.45, 7) is 2.05. The number of hydrogen-bond donors (Lipinski definition) is 0. The number of ketones is 1. The minimum absolute atomic E-state index is 0.0642. The second kappa shape index (κ2) is 4.81. The summed E-state index contributed by atoms with van der Waals surface area (Å²) in [4.78, 5) is 13.0. The minimum Gasteiger partial charge on any atom is -0.288 e. The average molecular weight is 251 g/mol. The molecule has 0 aliphatic heterocycles. The third-order valence-corrected chi connectivity index (χ3v) is 3.61. The van der Waals surface area contributed by atoms with Crippen LogP contribution in [0.5, 0.6) is 0 Å². The number of benzene rings is 1. The van der Waals surface area contributed by atoms with Crippen LogP contribution in [0.3, 0.4) is 0 Å². The molecule has 0 atom stereocenters. The summed E-state index contributed by atoms with van der Waals surface area (Å²) >= 11 is 7.37. The van der Waals surface area contributed by atoms with Crippen molar-refractivity contribution in [1.29, 1.82) is 0 Å². The molecule has 82 valence electrons. The number of rotatable bonds is 3. The van der Waals surface area contributed by atoms with E-state index in [1.807, 2.05) is 11.4 Å². The van der Waals surface area contributed by atoms with Crippen molar-refractivity contribution in [2.45, 2.75) is 13.3 Å². The summed E-state index contributed by atoms with van der Waals surface area (Å²) in [6.07, 6.45) is 0.880. The molecule has 0 N–H and O–H groups in total. The molecule has 2 aromatic rings. The van der Waals surface area contributed by atoms with Crippen molar-refractivity contribution in [2.75, 3.05) is 0 Å². The van der Waals surface area contributed by atoms with Gasteiger partial charge in [0.25, 0.3) is 0 Å². The first-order valence-electron chi connectivity index (χ1n) is 5.09. The van der Waals surface area contributed by atoms with Crippen LogP contribution >= 0.6 is 22.9 Å². The largest absolute Gasteiger partial charge is 0.288 e. The second-order valence-electron chi connectivity index (χ2n) is 3.47. The highest BCUT2D eigenvalue weighted by molar-refractivity contribution is 7.12. The van der Waals surface area contributed by atoms with Gasteiger partial charge in [0, 0.05) is 10.6 Å². The number of halogens is 1. The van der Waals surface area contributed by atoms with E-state index < -0.39 is 0 Å². The Labute approximate surface area is 104 Å². The van der Waals surface area contributed by atoms with Gasteiger partial charge in [0.05, 0.1) is 4.88 Å². The third-order valence-electron chi connectivity index (χ3n) is 2.42. The van der Waals surface area contributed by atoms with Crippen LogP contribution in [0.15, 0.2) is 35.7 Å². The molecule has 2 rings (SSSR count). The molecule has 0 spiro atoms. The minimum atomic E-state index is 0.0642. The highest BCUT2D eigenvalue weighted by Gasteiger charge is 2.14. The molecule has 1 aromatic heterocycles. The van der Waals surface area contributed by atoms with Gasteiger partial charge in [0.2, 0.25) is 5.78 Å². The monoisotopic (exact) mass is 250 g/mol. The molecule has 0 saturated carbocycles. The van der Waals surface area contributed by atoms with Gasteiger partial charge in [-0.05, 0) is 35.6 Å². The van der Waals surface area contributed by atoms with E-state index in [0.717, 1.165) is 16.9 Å². The number of hydrogen-bond acceptors (Lipinski definition) is 2. The van der Waals surface area contributed by atoms with E-state index in [-0.39, 0.29) is 5.78 Å². The maximum Gasteiger partial charge on any atom is 0.203 e. The topological polar surface area (TPSA) is 17.1 Å². The number of thiophene rings is 1. The van der Waals surface area contributed by atoms with Crippen molar-refractivity contribution in [3.8, 4) is 0 Å². The standard InChI is InChI=1S/C13H11ClOS/c1-2-9-6-7-16-13(9)12(15)10-4-3-5-11(14)8-10/h3-8H,2H2,1H3. The Morgan fingerprint density at radius 1 is 1.38 bits per heavy atom. The molecule has 16 heavy (non-hydrogen) atoms. The molecule has 0 aliphatic carbocycles. The Bertz CT molecular complexity index is 516. The van der Waals surface area contributed by atoms with Crippen molar-refractivity contribution in [3.05, 3.63) is 56.7 Å². The Balaban J connectivity index is 2.39. The molecular weight excluding hydrogens is 240 g/mol. The zero-order valence-corrected chi connectivity index (χ0v) is 10.4. The molecule has 1 nitrogen and oxygen atoms in total. The van der Waals surface area contributed by atoms with E-state index in [4.69, 9.17) is 11.6 Å². The van der Waals surface area contributed by atoms with Crippen LogP contribution in [0.2, 0.25) is 5.02 Å². The van der Waals surface area contributed by atoms with E-state index in [1.54, 1.807) is 24.3 Å². The molecular formula is C13H11ClOS. The lowest BCUT2D eigenvalue weighted by atomic mass is 10.1. The maximum atomic E-state index is 12.2. The van der Waals surface area contributed by atoms with E-state index in [0.29, 0.717) is 10.6 Å². The van der Waals surface area contributed by atoms with Crippen LogP contribution in [0.1, 0.15) is 27.7 Å². The van der Waals surface area contributed by atoms with Crippen molar-refractivity contribution >= 4 is 28.7 Å². The lowest BCUT2D eigenvalue weighted by molar-refractivity contribution is 0.104. The molecule has 0 radical (unpaired) electrons. The van der Waals surface area contributed by atoms with Gasteiger partial charge in [0.1, 0.15) is 0 Å². The maximum absolute atomic E-state index is 12.2. The summed E-state index contributed by atoms with van der Waals surface area (Å²) in [5.41, 5.74) is 1.76. The highest BCUT2D eigenvalue weighted by atomic mass is 35.5. The first kappa shape index (κ1) is 11.4. The van der Waals surface area contributed by atoms with Gasteiger partial charge in [-0.2, -0.15) is 0 Å². The van der Waals surface area contributed by atoms with Crippen LogP contribution in [-0.4, -0.2) is 5.78 Å². The molecule has 1 heterocycles. The van der Waals surface area contributed by atoms with Crippen LogP contribution in [0.4, 0.5) is 0 Å². The summed E-state index contributed by atoms with van der Waals surface area (Å²) < 4.78 is 0. The fourth-order valence-electron chi connectivity index (χ4n) is 1.57.